The van der Waals surface area contributed by atoms with E-state index in [2.05, 4.69) is 36.6 Å². The number of aryl methyl sites for hydroxylation is 1. The Morgan fingerprint density at radius 2 is 1.84 bits per heavy atom. The quantitative estimate of drug-likeness (QED) is 0.630. The van der Waals surface area contributed by atoms with E-state index in [1.165, 1.54) is 5.56 Å². The monoisotopic (exact) mass is 376 g/mol. The Kier molecular flexibility index (Phi) is 7.09. The molecule has 2 aromatic carbocycles. The van der Waals surface area contributed by atoms with Gasteiger partial charge in [-0.05, 0) is 66.9 Å². The zero-order valence-corrected chi connectivity index (χ0v) is 16.7. The molecule has 0 aliphatic heterocycles. The number of nitrogens with one attached hydrogen (secondary N) is 2. The molecule has 3 nitrogen and oxygen atoms in total. The zero-order valence-electron chi connectivity index (χ0n) is 15.1. The van der Waals surface area contributed by atoms with Crippen molar-refractivity contribution in [1.29, 1.82) is 0 Å². The first-order chi connectivity index (χ1) is 11.9. The SMILES string of the molecule is COc1ccc([C@H](CC(C)C)NC(=S)Nc2ccc(C)c(Cl)c2)cc1. The molecule has 0 aliphatic carbocycles. The van der Waals surface area contributed by atoms with Gasteiger partial charge in [0.15, 0.2) is 5.11 Å². The van der Waals surface area contributed by atoms with Crippen molar-refractivity contribution in [2.24, 2.45) is 5.92 Å². The number of thiocarbonyl (C=S) groups is 1. The number of halogens is 1. The standard InChI is InChI=1S/C20H25ClN2OS/c1-13(2)11-19(15-6-9-17(24-4)10-7-15)23-20(25)22-16-8-5-14(3)18(21)12-16/h5-10,12-13,19H,11H2,1-4H3,(H2,22,23,25)/t19-/m0/s1. The number of hydrogen-bond acceptors (Lipinski definition) is 2. The first-order valence-electron chi connectivity index (χ1n) is 8.36. The molecule has 2 N–H and O–H groups in total. The summed E-state index contributed by atoms with van der Waals surface area (Å²) in [7, 11) is 1.67. The van der Waals surface area contributed by atoms with Crippen molar-refractivity contribution < 1.29 is 4.74 Å². The molecule has 2 aromatic rings. The number of hydrogen-bond donors (Lipinski definition) is 2. The molecule has 0 saturated heterocycles. The van der Waals surface area contributed by atoms with Crippen LogP contribution in [0.4, 0.5) is 5.69 Å². The van der Waals surface area contributed by atoms with E-state index in [1.807, 2.05) is 37.3 Å². The van der Waals surface area contributed by atoms with E-state index >= 15 is 0 Å². The molecule has 0 aliphatic rings. The Morgan fingerprint density at radius 3 is 2.40 bits per heavy atom. The van der Waals surface area contributed by atoms with E-state index in [4.69, 9.17) is 28.6 Å². The summed E-state index contributed by atoms with van der Waals surface area (Å²) in [5.74, 6) is 1.39. The molecule has 0 saturated carbocycles. The Balaban J connectivity index is 2.09. The first kappa shape index (κ1) is 19.5. The molecule has 0 aromatic heterocycles. The van der Waals surface area contributed by atoms with Gasteiger partial charge < -0.3 is 15.4 Å². The lowest BCUT2D eigenvalue weighted by molar-refractivity contribution is 0.414. The lowest BCUT2D eigenvalue weighted by Gasteiger charge is -2.23. The molecule has 25 heavy (non-hydrogen) atoms. The van der Waals surface area contributed by atoms with Crippen LogP contribution in [0.15, 0.2) is 42.5 Å². The third-order valence-electron chi connectivity index (χ3n) is 3.96. The Morgan fingerprint density at radius 1 is 1.16 bits per heavy atom. The Labute approximate surface area is 160 Å². The molecule has 0 fully saturated rings. The Bertz CT molecular complexity index is 716. The van der Waals surface area contributed by atoms with Gasteiger partial charge in [-0.3, -0.25) is 0 Å². The third kappa shape index (κ3) is 5.91. The van der Waals surface area contributed by atoms with Crippen LogP contribution in [-0.2, 0) is 0 Å². The van der Waals surface area contributed by atoms with Crippen molar-refractivity contribution in [3.8, 4) is 5.75 Å². The molecule has 134 valence electrons. The number of methoxy groups -OCH3 is 1. The van der Waals surface area contributed by atoms with E-state index < -0.39 is 0 Å². The van der Waals surface area contributed by atoms with Crippen LogP contribution in [0.25, 0.3) is 0 Å². The molecular weight excluding hydrogens is 352 g/mol. The molecule has 0 radical (unpaired) electrons. The van der Waals surface area contributed by atoms with Crippen LogP contribution < -0.4 is 15.4 Å². The molecule has 1 atom stereocenters. The third-order valence-corrected chi connectivity index (χ3v) is 4.59. The molecule has 0 unspecified atom stereocenters. The van der Waals surface area contributed by atoms with Gasteiger partial charge in [0.05, 0.1) is 13.2 Å². The van der Waals surface area contributed by atoms with Crippen LogP contribution in [0, 0.1) is 12.8 Å². The molecule has 0 heterocycles. The van der Waals surface area contributed by atoms with E-state index in [1.54, 1.807) is 7.11 Å². The van der Waals surface area contributed by atoms with E-state index in [9.17, 15) is 0 Å². The molecule has 2 rings (SSSR count). The minimum absolute atomic E-state index is 0.131. The van der Waals surface area contributed by atoms with Crippen LogP contribution in [0.2, 0.25) is 5.02 Å². The summed E-state index contributed by atoms with van der Waals surface area (Å²) in [6.07, 6.45) is 0.975. The average Bonchev–Trinajstić information content (AvgIpc) is 2.57. The van der Waals surface area contributed by atoms with E-state index in [0.29, 0.717) is 11.0 Å². The highest BCUT2D eigenvalue weighted by molar-refractivity contribution is 7.80. The van der Waals surface area contributed by atoms with Crippen LogP contribution in [-0.4, -0.2) is 12.2 Å². The van der Waals surface area contributed by atoms with Crippen molar-refractivity contribution in [3.63, 3.8) is 0 Å². The largest absolute Gasteiger partial charge is 0.497 e. The van der Waals surface area contributed by atoms with Gasteiger partial charge in [-0.1, -0.05) is 43.6 Å². The average molecular weight is 377 g/mol. The van der Waals surface area contributed by atoms with Gasteiger partial charge in [-0.2, -0.15) is 0 Å². The van der Waals surface area contributed by atoms with Crippen LogP contribution >= 0.6 is 23.8 Å². The number of ether oxygens (including phenoxy) is 1. The molecular formula is C20H25ClN2OS. The van der Waals surface area contributed by atoms with Gasteiger partial charge in [-0.15, -0.1) is 0 Å². The lowest BCUT2D eigenvalue weighted by atomic mass is 9.97. The van der Waals surface area contributed by atoms with Crippen LogP contribution in [0.5, 0.6) is 5.75 Å². The molecule has 5 heteroatoms. The summed E-state index contributed by atoms with van der Waals surface area (Å²) < 4.78 is 5.24. The summed E-state index contributed by atoms with van der Waals surface area (Å²) in [6.45, 7) is 6.38. The van der Waals surface area contributed by atoms with E-state index in [-0.39, 0.29) is 6.04 Å². The van der Waals surface area contributed by atoms with Gasteiger partial charge in [0, 0.05) is 10.7 Å². The smallest absolute Gasteiger partial charge is 0.171 e. The molecule has 0 spiro atoms. The van der Waals surface area contributed by atoms with E-state index in [0.717, 1.165) is 28.4 Å². The fourth-order valence-electron chi connectivity index (χ4n) is 2.58. The van der Waals surface area contributed by atoms with Gasteiger partial charge in [0.2, 0.25) is 0 Å². The highest BCUT2D eigenvalue weighted by Crippen LogP contribution is 2.24. The highest BCUT2D eigenvalue weighted by atomic mass is 35.5. The second-order valence-corrected chi connectivity index (χ2v) is 7.33. The summed E-state index contributed by atoms with van der Waals surface area (Å²) in [5, 5.41) is 7.95. The summed E-state index contributed by atoms with van der Waals surface area (Å²) in [5.41, 5.74) is 3.11. The summed E-state index contributed by atoms with van der Waals surface area (Å²) in [6, 6.07) is 14.1. The summed E-state index contributed by atoms with van der Waals surface area (Å²) in [4.78, 5) is 0. The van der Waals surface area contributed by atoms with Gasteiger partial charge in [0.25, 0.3) is 0 Å². The fourth-order valence-corrected chi connectivity index (χ4v) is 3.02. The fraction of sp³-hybridized carbons (Fsp3) is 0.350. The minimum Gasteiger partial charge on any atom is -0.497 e. The maximum atomic E-state index is 6.18. The van der Waals surface area contributed by atoms with Crippen LogP contribution in [0.1, 0.15) is 37.4 Å². The molecule has 0 bridgehead atoms. The number of rotatable bonds is 6. The van der Waals surface area contributed by atoms with Gasteiger partial charge in [0.1, 0.15) is 5.75 Å². The van der Waals surface area contributed by atoms with Gasteiger partial charge in [-0.25, -0.2) is 0 Å². The van der Waals surface area contributed by atoms with Crippen molar-refractivity contribution in [3.05, 3.63) is 58.6 Å². The molecule has 0 amide bonds. The normalized spacial score (nSPS) is 11.9. The van der Waals surface area contributed by atoms with Crippen molar-refractivity contribution in [2.45, 2.75) is 33.2 Å². The predicted molar refractivity (Wildman–Crippen MR) is 111 cm³/mol. The van der Waals surface area contributed by atoms with Crippen molar-refractivity contribution >= 4 is 34.6 Å². The second-order valence-electron chi connectivity index (χ2n) is 6.52. The number of anilines is 1. The zero-order chi connectivity index (χ0) is 18.4. The lowest BCUT2D eigenvalue weighted by Crippen LogP contribution is -2.33. The minimum atomic E-state index is 0.131. The number of benzene rings is 2. The van der Waals surface area contributed by atoms with Crippen molar-refractivity contribution in [1.82, 2.24) is 5.32 Å². The topological polar surface area (TPSA) is 33.3 Å². The van der Waals surface area contributed by atoms with Crippen LogP contribution in [0.3, 0.4) is 0 Å². The highest BCUT2D eigenvalue weighted by Gasteiger charge is 2.15. The van der Waals surface area contributed by atoms with Gasteiger partial charge >= 0.3 is 0 Å². The first-order valence-corrected chi connectivity index (χ1v) is 9.15. The predicted octanol–water partition coefficient (Wildman–Crippen LogP) is 5.73. The van der Waals surface area contributed by atoms with Crippen molar-refractivity contribution in [2.75, 3.05) is 12.4 Å². The Hall–Kier alpha value is -1.78. The maximum Gasteiger partial charge on any atom is 0.171 e. The summed E-state index contributed by atoms with van der Waals surface area (Å²) >= 11 is 11.7. The maximum absolute atomic E-state index is 6.18. The second kappa shape index (κ2) is 9.07.